The molecule has 5 aliphatic rings. The van der Waals surface area contributed by atoms with Crippen molar-refractivity contribution < 1.29 is 9.84 Å². The van der Waals surface area contributed by atoms with Gasteiger partial charge in [-0.25, -0.2) is 0 Å². The van der Waals surface area contributed by atoms with Gasteiger partial charge in [0.15, 0.2) is 0 Å². The Labute approximate surface area is 110 Å². The number of rotatable bonds is 2. The fourth-order valence-corrected chi connectivity index (χ4v) is 5.75. The van der Waals surface area contributed by atoms with Crippen molar-refractivity contribution in [3.63, 3.8) is 0 Å². The Morgan fingerprint density at radius 2 is 1.44 bits per heavy atom. The predicted molar refractivity (Wildman–Crippen MR) is 70.2 cm³/mol. The Morgan fingerprint density at radius 3 is 2.00 bits per heavy atom. The SMILES string of the molecule is OC1(CC2CCOCC2)C2CC3CC(C2)CC1C3. The maximum Gasteiger partial charge on any atom is 0.0706 e. The number of aliphatic hydroxyl groups is 1. The van der Waals surface area contributed by atoms with E-state index in [9.17, 15) is 5.11 Å². The third-order valence-corrected chi connectivity index (χ3v) is 6.51. The molecule has 4 bridgehead atoms. The number of hydrogen-bond donors (Lipinski definition) is 1. The van der Waals surface area contributed by atoms with Gasteiger partial charge in [-0.15, -0.1) is 0 Å². The topological polar surface area (TPSA) is 29.5 Å². The molecular weight excluding hydrogens is 224 g/mol. The highest BCUT2D eigenvalue weighted by Crippen LogP contribution is 2.60. The predicted octanol–water partition coefficient (Wildman–Crippen LogP) is 2.99. The van der Waals surface area contributed by atoms with Crippen LogP contribution in [0.5, 0.6) is 0 Å². The molecule has 0 aromatic carbocycles. The van der Waals surface area contributed by atoms with E-state index < -0.39 is 0 Å². The summed E-state index contributed by atoms with van der Waals surface area (Å²) in [6, 6.07) is 0. The lowest BCUT2D eigenvalue weighted by Gasteiger charge is -2.59. The fraction of sp³-hybridized carbons (Fsp3) is 1.00. The first-order chi connectivity index (χ1) is 8.74. The highest BCUT2D eigenvalue weighted by Gasteiger charge is 2.56. The van der Waals surface area contributed by atoms with Gasteiger partial charge in [-0.2, -0.15) is 0 Å². The molecule has 0 unspecified atom stereocenters. The Balaban J connectivity index is 1.51. The summed E-state index contributed by atoms with van der Waals surface area (Å²) in [5.41, 5.74) is -0.296. The molecule has 102 valence electrons. The van der Waals surface area contributed by atoms with E-state index in [0.29, 0.717) is 11.8 Å². The quantitative estimate of drug-likeness (QED) is 0.816. The molecule has 4 aliphatic carbocycles. The van der Waals surface area contributed by atoms with Crippen LogP contribution in [0.15, 0.2) is 0 Å². The Hall–Kier alpha value is -0.0800. The number of hydrogen-bond acceptors (Lipinski definition) is 2. The molecule has 18 heavy (non-hydrogen) atoms. The smallest absolute Gasteiger partial charge is 0.0706 e. The maximum absolute atomic E-state index is 11.3. The first-order valence-electron chi connectivity index (χ1n) is 8.04. The van der Waals surface area contributed by atoms with E-state index >= 15 is 0 Å². The molecule has 0 aromatic rings. The van der Waals surface area contributed by atoms with Gasteiger partial charge in [0.1, 0.15) is 0 Å². The summed E-state index contributed by atoms with van der Waals surface area (Å²) >= 11 is 0. The molecule has 0 spiro atoms. The molecular formula is C16H26O2. The summed E-state index contributed by atoms with van der Waals surface area (Å²) in [6.07, 6.45) is 10.2. The second-order valence-electron chi connectivity index (χ2n) is 7.56. The summed E-state index contributed by atoms with van der Waals surface area (Å²) in [5, 5.41) is 11.3. The molecule has 0 atom stereocenters. The number of ether oxygens (including phenoxy) is 1. The van der Waals surface area contributed by atoms with Crippen molar-refractivity contribution in [1.29, 1.82) is 0 Å². The van der Waals surface area contributed by atoms with Gasteiger partial charge in [0.05, 0.1) is 5.60 Å². The largest absolute Gasteiger partial charge is 0.389 e. The summed E-state index contributed by atoms with van der Waals surface area (Å²) in [5.74, 6) is 3.92. The van der Waals surface area contributed by atoms with Crippen LogP contribution in [0.25, 0.3) is 0 Å². The third kappa shape index (κ3) is 1.76. The Kier molecular flexibility index (Phi) is 2.74. The van der Waals surface area contributed by atoms with Gasteiger partial charge in [-0.05, 0) is 81.0 Å². The second kappa shape index (κ2) is 4.21. The fourth-order valence-electron chi connectivity index (χ4n) is 5.75. The normalized spacial score (nSPS) is 51.8. The molecule has 1 aliphatic heterocycles. The average molecular weight is 250 g/mol. The van der Waals surface area contributed by atoms with Crippen LogP contribution in [-0.4, -0.2) is 23.9 Å². The van der Waals surface area contributed by atoms with Crippen molar-refractivity contribution in [3.05, 3.63) is 0 Å². The van der Waals surface area contributed by atoms with E-state index in [1.807, 2.05) is 0 Å². The zero-order chi connectivity index (χ0) is 12.2. The monoisotopic (exact) mass is 250 g/mol. The highest BCUT2D eigenvalue weighted by molar-refractivity contribution is 5.07. The standard InChI is InChI=1S/C16H26O2/c17-16(10-11-1-3-18-4-2-11)14-6-12-5-13(8-14)9-15(16)7-12/h11-15,17H,1-10H2. The molecule has 5 fully saturated rings. The molecule has 1 saturated heterocycles. The minimum absolute atomic E-state index is 0.296. The van der Waals surface area contributed by atoms with E-state index in [0.717, 1.165) is 37.4 Å². The van der Waals surface area contributed by atoms with Crippen LogP contribution in [-0.2, 0) is 4.74 Å². The van der Waals surface area contributed by atoms with Crippen molar-refractivity contribution >= 4 is 0 Å². The van der Waals surface area contributed by atoms with Crippen LogP contribution < -0.4 is 0 Å². The van der Waals surface area contributed by atoms with Gasteiger partial charge < -0.3 is 9.84 Å². The van der Waals surface area contributed by atoms with Gasteiger partial charge in [-0.1, -0.05) is 0 Å². The summed E-state index contributed by atoms with van der Waals surface area (Å²) in [6.45, 7) is 1.84. The van der Waals surface area contributed by atoms with E-state index in [4.69, 9.17) is 4.74 Å². The Morgan fingerprint density at radius 1 is 0.889 bits per heavy atom. The maximum atomic E-state index is 11.3. The van der Waals surface area contributed by atoms with Crippen LogP contribution in [0.2, 0.25) is 0 Å². The first-order valence-corrected chi connectivity index (χ1v) is 8.04. The van der Waals surface area contributed by atoms with Crippen LogP contribution >= 0.6 is 0 Å². The van der Waals surface area contributed by atoms with Gasteiger partial charge in [0, 0.05) is 13.2 Å². The van der Waals surface area contributed by atoms with Gasteiger partial charge >= 0.3 is 0 Å². The zero-order valence-corrected chi connectivity index (χ0v) is 11.3. The minimum atomic E-state index is -0.296. The van der Waals surface area contributed by atoms with Crippen molar-refractivity contribution in [1.82, 2.24) is 0 Å². The van der Waals surface area contributed by atoms with Crippen molar-refractivity contribution in [2.24, 2.45) is 29.6 Å². The van der Waals surface area contributed by atoms with E-state index in [1.165, 1.54) is 44.9 Å². The molecule has 5 rings (SSSR count). The van der Waals surface area contributed by atoms with Gasteiger partial charge in [0.25, 0.3) is 0 Å². The van der Waals surface area contributed by atoms with E-state index in [1.54, 1.807) is 0 Å². The summed E-state index contributed by atoms with van der Waals surface area (Å²) in [4.78, 5) is 0. The Bertz CT molecular complexity index is 291. The summed E-state index contributed by atoms with van der Waals surface area (Å²) < 4.78 is 5.46. The minimum Gasteiger partial charge on any atom is -0.389 e. The molecule has 0 aromatic heterocycles. The zero-order valence-electron chi connectivity index (χ0n) is 11.3. The highest BCUT2D eigenvalue weighted by atomic mass is 16.5. The molecule has 2 nitrogen and oxygen atoms in total. The molecule has 0 radical (unpaired) electrons. The van der Waals surface area contributed by atoms with Crippen molar-refractivity contribution in [2.45, 2.75) is 57.0 Å². The van der Waals surface area contributed by atoms with Crippen molar-refractivity contribution in [2.75, 3.05) is 13.2 Å². The van der Waals surface area contributed by atoms with Crippen LogP contribution in [0.3, 0.4) is 0 Å². The van der Waals surface area contributed by atoms with E-state index in [-0.39, 0.29) is 5.60 Å². The van der Waals surface area contributed by atoms with Crippen LogP contribution in [0.1, 0.15) is 51.4 Å². The van der Waals surface area contributed by atoms with Gasteiger partial charge in [-0.3, -0.25) is 0 Å². The molecule has 0 amide bonds. The van der Waals surface area contributed by atoms with Gasteiger partial charge in [0.2, 0.25) is 0 Å². The molecule has 1 heterocycles. The average Bonchev–Trinajstić information content (AvgIpc) is 2.37. The first kappa shape index (κ1) is 11.7. The lowest BCUT2D eigenvalue weighted by Crippen LogP contribution is -2.58. The second-order valence-corrected chi connectivity index (χ2v) is 7.56. The lowest BCUT2D eigenvalue weighted by molar-refractivity contribution is -0.185. The van der Waals surface area contributed by atoms with E-state index in [2.05, 4.69) is 0 Å². The van der Waals surface area contributed by atoms with Crippen LogP contribution in [0, 0.1) is 29.6 Å². The van der Waals surface area contributed by atoms with Crippen LogP contribution in [0.4, 0.5) is 0 Å². The molecule has 1 N–H and O–H groups in total. The van der Waals surface area contributed by atoms with Crippen molar-refractivity contribution in [3.8, 4) is 0 Å². The third-order valence-electron chi connectivity index (χ3n) is 6.51. The molecule has 4 saturated carbocycles. The lowest BCUT2D eigenvalue weighted by atomic mass is 9.48. The molecule has 2 heteroatoms. The summed E-state index contributed by atoms with van der Waals surface area (Å²) in [7, 11) is 0.